The average Bonchev–Trinajstić information content (AvgIpc) is 2.69. The van der Waals surface area contributed by atoms with E-state index in [0.29, 0.717) is 0 Å². The van der Waals surface area contributed by atoms with Crippen LogP contribution in [0.2, 0.25) is 0 Å². The first kappa shape index (κ1) is 22.9. The molecular formula is C14H6N6O12. The van der Waals surface area contributed by atoms with Crippen LogP contribution in [0.4, 0.5) is 22.7 Å². The third kappa shape index (κ3) is 3.98. The number of rotatable bonds is 8. The van der Waals surface area contributed by atoms with Crippen molar-refractivity contribution < 1.29 is 29.5 Å². The molecule has 0 spiro atoms. The highest BCUT2D eigenvalue weighted by atomic mass is 16.7. The molecule has 0 atom stereocenters. The van der Waals surface area contributed by atoms with Crippen molar-refractivity contribution in [3.63, 3.8) is 0 Å². The summed E-state index contributed by atoms with van der Waals surface area (Å²) in [7, 11) is 0. The van der Waals surface area contributed by atoms with E-state index in [4.69, 9.17) is 0 Å². The van der Waals surface area contributed by atoms with Gasteiger partial charge in [0.15, 0.2) is 5.56 Å². The summed E-state index contributed by atoms with van der Waals surface area (Å²) in [5, 5.41) is 68.8. The molecule has 0 fully saturated rings. The summed E-state index contributed by atoms with van der Waals surface area (Å²) in [6.07, 6.45) is 0. The molecule has 0 aromatic heterocycles. The third-order valence-electron chi connectivity index (χ3n) is 3.86. The zero-order chi connectivity index (χ0) is 24.3. The van der Waals surface area contributed by atoms with E-state index in [0.717, 1.165) is 12.1 Å². The van der Waals surface area contributed by atoms with E-state index in [9.17, 15) is 60.7 Å². The Kier molecular flexibility index (Phi) is 6.09. The predicted octanol–water partition coefficient (Wildman–Crippen LogP) is 2.70. The van der Waals surface area contributed by atoms with Crippen LogP contribution in [0, 0.1) is 60.7 Å². The lowest BCUT2D eigenvalue weighted by Gasteiger charge is -2.05. The van der Waals surface area contributed by atoms with E-state index in [1.165, 1.54) is 18.2 Å². The SMILES string of the molecule is O=[N+]([O-])/C(=C(\c1cc([N+](=O)[O-])c([N+](=O)[O-])c([N+](=O)[O-])c1[N+](=O)[O-])[N+](=O)[O-])c1ccccc1. The Morgan fingerprint density at radius 3 is 1.41 bits per heavy atom. The zero-order valence-electron chi connectivity index (χ0n) is 15.0. The molecule has 2 rings (SSSR count). The third-order valence-corrected chi connectivity index (χ3v) is 3.86. The molecule has 2 aromatic rings. The van der Waals surface area contributed by atoms with Gasteiger partial charge in [0.05, 0.1) is 35.1 Å². The lowest BCUT2D eigenvalue weighted by atomic mass is 10.0. The van der Waals surface area contributed by atoms with Gasteiger partial charge in [-0.2, -0.15) is 0 Å². The van der Waals surface area contributed by atoms with Gasteiger partial charge in [0.2, 0.25) is 0 Å². The highest BCUT2D eigenvalue weighted by Crippen LogP contribution is 2.48. The second-order valence-electron chi connectivity index (χ2n) is 5.59. The molecule has 2 aromatic carbocycles. The number of nitro groups is 6. The van der Waals surface area contributed by atoms with Crippen LogP contribution in [-0.2, 0) is 0 Å². The monoisotopic (exact) mass is 450 g/mol. The van der Waals surface area contributed by atoms with Gasteiger partial charge in [-0.15, -0.1) is 0 Å². The summed E-state index contributed by atoms with van der Waals surface area (Å²) in [4.78, 5) is 59.4. The summed E-state index contributed by atoms with van der Waals surface area (Å²) in [5.41, 5.74) is -12.7. The highest BCUT2D eigenvalue weighted by Gasteiger charge is 2.51. The molecule has 164 valence electrons. The van der Waals surface area contributed by atoms with Crippen LogP contribution < -0.4 is 0 Å². The van der Waals surface area contributed by atoms with Crippen LogP contribution in [0.1, 0.15) is 11.1 Å². The maximum absolute atomic E-state index is 11.7. The van der Waals surface area contributed by atoms with E-state index < -0.39 is 74.8 Å². The molecule has 32 heavy (non-hydrogen) atoms. The van der Waals surface area contributed by atoms with Gasteiger partial charge in [0.1, 0.15) is 0 Å². The standard InChI is InChI=1S/C14H6N6O12/c21-15(22)9-6-8(12(18(27)28)14(20(31)32)13(9)19(29)30)11(17(25)26)10(16(23)24)7-4-2-1-3-5-7/h1-6H/b11-10+. The van der Waals surface area contributed by atoms with E-state index >= 15 is 0 Å². The number of hydrogen-bond acceptors (Lipinski definition) is 12. The molecule has 0 bridgehead atoms. The van der Waals surface area contributed by atoms with Crippen molar-refractivity contribution in [2.75, 3.05) is 0 Å². The molecule has 0 aliphatic rings. The van der Waals surface area contributed by atoms with Gasteiger partial charge in [-0.3, -0.25) is 60.7 Å². The molecule has 0 amide bonds. The van der Waals surface area contributed by atoms with Crippen molar-refractivity contribution in [2.24, 2.45) is 0 Å². The molecule has 0 saturated carbocycles. The van der Waals surface area contributed by atoms with Crippen LogP contribution in [0.15, 0.2) is 36.4 Å². The Morgan fingerprint density at radius 1 is 0.562 bits per heavy atom. The fourth-order valence-corrected chi connectivity index (χ4v) is 2.73. The van der Waals surface area contributed by atoms with Gasteiger partial charge in [-0.1, -0.05) is 18.2 Å². The van der Waals surface area contributed by atoms with Crippen LogP contribution in [0.3, 0.4) is 0 Å². The first-order valence-corrected chi connectivity index (χ1v) is 7.77. The van der Waals surface area contributed by atoms with Crippen LogP contribution in [0.5, 0.6) is 0 Å². The van der Waals surface area contributed by atoms with Gasteiger partial charge >= 0.3 is 34.1 Å². The quantitative estimate of drug-likeness (QED) is 0.319. The van der Waals surface area contributed by atoms with Crippen molar-refractivity contribution in [1.82, 2.24) is 0 Å². The first-order valence-electron chi connectivity index (χ1n) is 7.77. The topological polar surface area (TPSA) is 259 Å². The van der Waals surface area contributed by atoms with Gasteiger partial charge in [0, 0.05) is 6.07 Å². The molecule has 0 unspecified atom stereocenters. The van der Waals surface area contributed by atoms with Gasteiger partial charge < -0.3 is 0 Å². The largest absolute Gasteiger partial charge is 0.430 e. The fourth-order valence-electron chi connectivity index (χ4n) is 2.73. The summed E-state index contributed by atoms with van der Waals surface area (Å²) in [5.74, 6) is 0. The molecule has 0 aliphatic carbocycles. The van der Waals surface area contributed by atoms with Crippen molar-refractivity contribution in [2.45, 2.75) is 0 Å². The lowest BCUT2D eigenvalue weighted by molar-refractivity contribution is -0.452. The molecule has 18 nitrogen and oxygen atoms in total. The highest BCUT2D eigenvalue weighted by molar-refractivity contribution is 5.91. The minimum Gasteiger partial charge on any atom is -0.258 e. The summed E-state index contributed by atoms with van der Waals surface area (Å²) in [6, 6.07) is 5.76. The second kappa shape index (κ2) is 8.52. The Balaban J connectivity index is 3.28. The predicted molar refractivity (Wildman–Crippen MR) is 100 cm³/mol. The van der Waals surface area contributed by atoms with E-state index in [-0.39, 0.29) is 6.07 Å². The van der Waals surface area contributed by atoms with Gasteiger partial charge in [-0.25, -0.2) is 0 Å². The Bertz CT molecular complexity index is 1240. The number of benzene rings is 2. The number of nitrogens with zero attached hydrogens (tertiary/aromatic N) is 6. The average molecular weight is 450 g/mol. The molecule has 0 aliphatic heterocycles. The normalized spacial score (nSPS) is 11.2. The van der Waals surface area contributed by atoms with Crippen molar-refractivity contribution in [1.29, 1.82) is 0 Å². The summed E-state index contributed by atoms with van der Waals surface area (Å²) < 4.78 is 0. The van der Waals surface area contributed by atoms with Gasteiger partial charge in [-0.05, 0) is 12.1 Å². The molecule has 0 saturated heterocycles. The zero-order valence-corrected chi connectivity index (χ0v) is 15.0. The maximum Gasteiger partial charge on any atom is 0.430 e. The number of hydrogen-bond donors (Lipinski definition) is 0. The Morgan fingerprint density at radius 2 is 1.03 bits per heavy atom. The van der Waals surface area contributed by atoms with Crippen LogP contribution in [0.25, 0.3) is 11.4 Å². The van der Waals surface area contributed by atoms with Gasteiger partial charge in [0.25, 0.3) is 0 Å². The Hall–Kier alpha value is -5.42. The molecule has 0 radical (unpaired) electrons. The van der Waals surface area contributed by atoms with Crippen molar-refractivity contribution in [3.8, 4) is 0 Å². The van der Waals surface area contributed by atoms with Crippen molar-refractivity contribution >= 4 is 34.1 Å². The molecule has 0 N–H and O–H groups in total. The van der Waals surface area contributed by atoms with Crippen molar-refractivity contribution in [3.05, 3.63) is 108 Å². The van der Waals surface area contributed by atoms with Crippen LogP contribution >= 0.6 is 0 Å². The first-order chi connectivity index (χ1) is 14.9. The second-order valence-corrected chi connectivity index (χ2v) is 5.59. The smallest absolute Gasteiger partial charge is 0.258 e. The van der Waals surface area contributed by atoms with E-state index in [1.807, 2.05) is 0 Å². The summed E-state index contributed by atoms with van der Waals surface area (Å²) >= 11 is 0. The van der Waals surface area contributed by atoms with Crippen LogP contribution in [-0.4, -0.2) is 29.5 Å². The summed E-state index contributed by atoms with van der Waals surface area (Å²) in [6.45, 7) is 0. The molecule has 18 heteroatoms. The Labute approximate surface area is 172 Å². The maximum atomic E-state index is 11.7. The minimum absolute atomic E-state index is 0.0478. The minimum atomic E-state index is -2.04. The number of nitro benzene ring substituents is 4. The lowest BCUT2D eigenvalue weighted by Crippen LogP contribution is -2.13. The van der Waals surface area contributed by atoms with E-state index in [2.05, 4.69) is 0 Å². The molecular weight excluding hydrogens is 444 g/mol. The van der Waals surface area contributed by atoms with E-state index in [1.54, 1.807) is 0 Å². The fraction of sp³-hybridized carbons (Fsp3) is 0. The molecule has 0 heterocycles.